The van der Waals surface area contributed by atoms with Gasteiger partial charge in [0.1, 0.15) is 23.3 Å². The molecule has 1 aliphatic heterocycles. The molecule has 0 N–H and O–H groups in total. The maximum Gasteiger partial charge on any atom is 0.146 e. The minimum Gasteiger partial charge on any atom is -0.371 e. The van der Waals surface area contributed by atoms with Gasteiger partial charge < -0.3 is 4.90 Å². The predicted molar refractivity (Wildman–Crippen MR) is 61.7 cm³/mol. The van der Waals surface area contributed by atoms with E-state index in [-0.39, 0.29) is 0 Å². The lowest BCUT2D eigenvalue weighted by Crippen LogP contribution is -2.32. The van der Waals surface area contributed by atoms with Crippen LogP contribution in [0, 0.1) is 28.9 Å². The van der Waals surface area contributed by atoms with E-state index < -0.39 is 17.2 Å². The lowest BCUT2D eigenvalue weighted by molar-refractivity contribution is 0.437. The average molecular weight is 236 g/mol. The molecule has 0 atom stereocenters. The number of rotatable bonds is 1. The van der Waals surface area contributed by atoms with E-state index in [4.69, 9.17) is 5.26 Å². The second kappa shape index (κ2) is 4.70. The Morgan fingerprint density at radius 3 is 2.24 bits per heavy atom. The average Bonchev–Trinajstić information content (AvgIpc) is 2.29. The largest absolute Gasteiger partial charge is 0.371 e. The molecule has 1 aromatic rings. The van der Waals surface area contributed by atoms with Gasteiger partial charge >= 0.3 is 0 Å². The van der Waals surface area contributed by atoms with Crippen molar-refractivity contribution in [1.29, 1.82) is 5.26 Å². The minimum absolute atomic E-state index is 0.501. The summed E-state index contributed by atoms with van der Waals surface area (Å²) in [5.74, 6) is -0.887. The second-order valence-corrected chi connectivity index (χ2v) is 4.57. The van der Waals surface area contributed by atoms with Crippen molar-refractivity contribution in [3.05, 3.63) is 29.3 Å². The predicted octanol–water partition coefficient (Wildman–Crippen LogP) is 3.07. The van der Waals surface area contributed by atoms with Gasteiger partial charge in [0.15, 0.2) is 0 Å². The number of hydrogen-bond donors (Lipinski definition) is 0. The number of nitriles is 1. The van der Waals surface area contributed by atoms with Crippen molar-refractivity contribution in [2.45, 2.75) is 19.8 Å². The highest BCUT2D eigenvalue weighted by atomic mass is 19.1. The third-order valence-corrected chi connectivity index (χ3v) is 3.29. The highest BCUT2D eigenvalue weighted by Crippen LogP contribution is 2.26. The summed E-state index contributed by atoms with van der Waals surface area (Å²) in [4.78, 5) is 1.97. The first-order valence-corrected chi connectivity index (χ1v) is 5.76. The van der Waals surface area contributed by atoms with Crippen LogP contribution in [0.25, 0.3) is 0 Å². The van der Waals surface area contributed by atoms with Crippen molar-refractivity contribution in [1.82, 2.24) is 0 Å². The van der Waals surface area contributed by atoms with Crippen molar-refractivity contribution >= 4 is 5.69 Å². The number of hydrogen-bond acceptors (Lipinski definition) is 2. The highest BCUT2D eigenvalue weighted by molar-refractivity contribution is 5.51. The number of nitrogens with zero attached hydrogens (tertiary/aromatic N) is 2. The van der Waals surface area contributed by atoms with Gasteiger partial charge in [-0.2, -0.15) is 5.26 Å². The number of halogens is 2. The summed E-state index contributed by atoms with van der Waals surface area (Å²) < 4.78 is 26.9. The fraction of sp³-hybridized carbons (Fsp3) is 0.462. The molecule has 1 aromatic carbocycles. The quantitative estimate of drug-likeness (QED) is 0.749. The summed E-state index contributed by atoms with van der Waals surface area (Å²) in [5, 5.41) is 8.59. The third kappa shape index (κ3) is 2.38. The topological polar surface area (TPSA) is 27.0 Å². The van der Waals surface area contributed by atoms with Crippen LogP contribution in [-0.2, 0) is 0 Å². The van der Waals surface area contributed by atoms with Crippen LogP contribution in [-0.4, -0.2) is 13.1 Å². The van der Waals surface area contributed by atoms with E-state index in [2.05, 4.69) is 6.92 Å². The Hall–Kier alpha value is -1.63. The van der Waals surface area contributed by atoms with E-state index in [9.17, 15) is 8.78 Å². The molecule has 0 spiro atoms. The molecule has 0 amide bonds. The van der Waals surface area contributed by atoms with E-state index in [0.717, 1.165) is 25.9 Å². The third-order valence-electron chi connectivity index (χ3n) is 3.29. The Kier molecular flexibility index (Phi) is 3.28. The van der Waals surface area contributed by atoms with E-state index in [1.807, 2.05) is 4.90 Å². The van der Waals surface area contributed by atoms with Gasteiger partial charge in [-0.1, -0.05) is 6.92 Å². The maximum absolute atomic E-state index is 13.5. The van der Waals surface area contributed by atoms with Gasteiger partial charge in [0.2, 0.25) is 0 Å². The summed E-state index contributed by atoms with van der Waals surface area (Å²) >= 11 is 0. The van der Waals surface area contributed by atoms with Gasteiger partial charge in [-0.05, 0) is 30.9 Å². The van der Waals surface area contributed by atoms with Gasteiger partial charge in [0, 0.05) is 18.8 Å². The van der Waals surface area contributed by atoms with Crippen LogP contribution >= 0.6 is 0 Å². The lowest BCUT2D eigenvalue weighted by atomic mass is 9.98. The number of benzene rings is 1. The maximum atomic E-state index is 13.5. The molecule has 4 heteroatoms. The first-order chi connectivity index (χ1) is 8.11. The second-order valence-electron chi connectivity index (χ2n) is 4.57. The lowest BCUT2D eigenvalue weighted by Gasteiger charge is -2.32. The molecule has 2 nitrogen and oxygen atoms in total. The van der Waals surface area contributed by atoms with Crippen molar-refractivity contribution in [3.63, 3.8) is 0 Å². The first-order valence-electron chi connectivity index (χ1n) is 5.76. The Bertz CT molecular complexity index is 434. The van der Waals surface area contributed by atoms with E-state index in [1.54, 1.807) is 0 Å². The van der Waals surface area contributed by atoms with Gasteiger partial charge in [0.25, 0.3) is 0 Å². The molecular weight excluding hydrogens is 222 g/mol. The van der Waals surface area contributed by atoms with Gasteiger partial charge in [-0.15, -0.1) is 0 Å². The Morgan fingerprint density at radius 1 is 1.24 bits per heavy atom. The molecule has 0 saturated carbocycles. The zero-order valence-corrected chi connectivity index (χ0v) is 9.71. The smallest absolute Gasteiger partial charge is 0.146 e. The Balaban J connectivity index is 2.26. The monoisotopic (exact) mass is 236 g/mol. The van der Waals surface area contributed by atoms with Crippen LogP contribution in [0.5, 0.6) is 0 Å². The van der Waals surface area contributed by atoms with Crippen molar-refractivity contribution in [2.24, 2.45) is 5.92 Å². The standard InChI is InChI=1S/C13H14F2N2/c1-9-2-4-17(5-3-9)10-6-12(14)11(8-16)13(15)7-10/h6-7,9H,2-5H2,1H3. The van der Waals surface area contributed by atoms with Crippen molar-refractivity contribution in [3.8, 4) is 6.07 Å². The Morgan fingerprint density at radius 2 is 1.76 bits per heavy atom. The van der Waals surface area contributed by atoms with E-state index in [1.165, 1.54) is 18.2 Å². The molecule has 1 saturated heterocycles. The molecule has 90 valence electrons. The molecule has 1 aliphatic rings. The van der Waals surface area contributed by atoms with Crippen LogP contribution < -0.4 is 4.90 Å². The van der Waals surface area contributed by atoms with Crippen LogP contribution in [0.15, 0.2) is 12.1 Å². The molecule has 2 rings (SSSR count). The number of piperidine rings is 1. The summed E-state index contributed by atoms with van der Waals surface area (Å²) in [6.45, 7) is 3.80. The normalized spacial score (nSPS) is 16.9. The van der Waals surface area contributed by atoms with Crippen molar-refractivity contribution in [2.75, 3.05) is 18.0 Å². The summed E-state index contributed by atoms with van der Waals surface area (Å²) in [7, 11) is 0. The molecule has 1 heterocycles. The molecule has 0 radical (unpaired) electrons. The SMILES string of the molecule is CC1CCN(c2cc(F)c(C#N)c(F)c2)CC1. The van der Waals surface area contributed by atoms with Crippen molar-refractivity contribution < 1.29 is 8.78 Å². The summed E-state index contributed by atoms with van der Waals surface area (Å²) in [5.41, 5.74) is 0.0324. The van der Waals surface area contributed by atoms with E-state index >= 15 is 0 Å². The summed E-state index contributed by atoms with van der Waals surface area (Å²) in [6.07, 6.45) is 2.06. The van der Waals surface area contributed by atoms with Gasteiger partial charge in [-0.25, -0.2) is 8.78 Å². The molecule has 1 fully saturated rings. The van der Waals surface area contributed by atoms with Crippen LogP contribution in [0.4, 0.5) is 14.5 Å². The van der Waals surface area contributed by atoms with Crippen LogP contribution in [0.1, 0.15) is 25.3 Å². The Labute approximate surface area is 99.5 Å². The van der Waals surface area contributed by atoms with Crippen LogP contribution in [0.3, 0.4) is 0 Å². The van der Waals surface area contributed by atoms with Crippen LogP contribution in [0.2, 0.25) is 0 Å². The van der Waals surface area contributed by atoms with Gasteiger partial charge in [0.05, 0.1) is 0 Å². The zero-order chi connectivity index (χ0) is 12.4. The van der Waals surface area contributed by atoms with Gasteiger partial charge in [-0.3, -0.25) is 0 Å². The fourth-order valence-electron chi connectivity index (χ4n) is 2.12. The molecule has 17 heavy (non-hydrogen) atoms. The van der Waals surface area contributed by atoms with E-state index in [0.29, 0.717) is 11.6 Å². The summed E-state index contributed by atoms with van der Waals surface area (Å²) in [6, 6.07) is 4.03. The fourth-order valence-corrected chi connectivity index (χ4v) is 2.12. The highest BCUT2D eigenvalue weighted by Gasteiger charge is 2.19. The molecular formula is C13H14F2N2. The first kappa shape index (κ1) is 11.8. The molecule has 0 unspecified atom stereocenters. The zero-order valence-electron chi connectivity index (χ0n) is 9.71. The molecule has 0 aliphatic carbocycles. The number of anilines is 1. The minimum atomic E-state index is -0.777. The molecule has 0 aromatic heterocycles. The molecule has 0 bridgehead atoms.